The molecule has 0 spiro atoms. The Labute approximate surface area is 92.4 Å². The van der Waals surface area contributed by atoms with Gasteiger partial charge in [-0.25, -0.2) is 0 Å². The van der Waals surface area contributed by atoms with Crippen molar-refractivity contribution in [1.82, 2.24) is 0 Å². The topological polar surface area (TPSA) is 29.5 Å². The van der Waals surface area contributed by atoms with Crippen LogP contribution in [0.2, 0.25) is 10.0 Å². The molecule has 2 nitrogen and oxygen atoms in total. The molecule has 0 aliphatic carbocycles. The maximum absolute atomic E-state index is 9.77. The molecule has 0 aromatic heterocycles. The fourth-order valence-electron chi connectivity index (χ4n) is 1.54. The van der Waals surface area contributed by atoms with E-state index >= 15 is 0 Å². The first-order valence-electron chi connectivity index (χ1n) is 4.48. The Bertz CT molecular complexity index is 352. The molecule has 0 amide bonds. The van der Waals surface area contributed by atoms with Crippen LogP contribution in [0, 0.1) is 0 Å². The predicted molar refractivity (Wildman–Crippen MR) is 56.2 cm³/mol. The number of benzene rings is 1. The van der Waals surface area contributed by atoms with Gasteiger partial charge >= 0.3 is 0 Å². The van der Waals surface area contributed by atoms with Gasteiger partial charge in [0.2, 0.25) is 0 Å². The molecule has 4 heteroatoms. The molecule has 1 heterocycles. The first kappa shape index (κ1) is 10.1. The van der Waals surface area contributed by atoms with Crippen LogP contribution in [0.1, 0.15) is 24.5 Å². The summed E-state index contributed by atoms with van der Waals surface area (Å²) in [5.74, 6) is 0.643. The number of aliphatic hydroxyl groups excluding tert-OH is 1. The molecule has 0 bridgehead atoms. The molecule has 14 heavy (non-hydrogen) atoms. The summed E-state index contributed by atoms with van der Waals surface area (Å²) in [6, 6.07) is 3.34. The van der Waals surface area contributed by atoms with Gasteiger partial charge in [-0.15, -0.1) is 0 Å². The van der Waals surface area contributed by atoms with Crippen molar-refractivity contribution in [1.29, 1.82) is 0 Å². The van der Waals surface area contributed by atoms with Crippen molar-refractivity contribution in [3.8, 4) is 5.75 Å². The number of aliphatic hydroxyl groups is 1. The summed E-state index contributed by atoms with van der Waals surface area (Å²) in [7, 11) is 0. The van der Waals surface area contributed by atoms with Crippen LogP contribution >= 0.6 is 23.2 Å². The minimum atomic E-state index is -0.498. The molecule has 76 valence electrons. The van der Waals surface area contributed by atoms with Gasteiger partial charge in [-0.2, -0.15) is 0 Å². The van der Waals surface area contributed by atoms with Crippen LogP contribution in [0.4, 0.5) is 0 Å². The van der Waals surface area contributed by atoms with Gasteiger partial charge in [0.25, 0.3) is 0 Å². The highest BCUT2D eigenvalue weighted by atomic mass is 35.5. The van der Waals surface area contributed by atoms with Crippen molar-refractivity contribution >= 4 is 23.2 Å². The third-order valence-corrected chi connectivity index (χ3v) is 3.01. The summed E-state index contributed by atoms with van der Waals surface area (Å²) < 4.78 is 5.45. The molecule has 0 fully saturated rings. The lowest BCUT2D eigenvalue weighted by Crippen LogP contribution is -1.96. The van der Waals surface area contributed by atoms with Gasteiger partial charge in [-0.3, -0.25) is 0 Å². The minimum absolute atomic E-state index is 0.454. The number of fused-ring (bicyclic) bond motifs is 1. The molecular weight excluding hydrogens is 223 g/mol. The van der Waals surface area contributed by atoms with Crippen LogP contribution < -0.4 is 4.74 Å². The number of hydrogen-bond acceptors (Lipinski definition) is 2. The lowest BCUT2D eigenvalue weighted by atomic mass is 10.1. The first-order chi connectivity index (χ1) is 6.68. The Balaban J connectivity index is 2.49. The minimum Gasteiger partial charge on any atom is -0.493 e. The Kier molecular flexibility index (Phi) is 2.86. The van der Waals surface area contributed by atoms with E-state index < -0.39 is 6.10 Å². The van der Waals surface area contributed by atoms with Crippen molar-refractivity contribution in [2.45, 2.75) is 18.9 Å². The average molecular weight is 233 g/mol. The number of rotatable bonds is 0. The van der Waals surface area contributed by atoms with E-state index in [0.717, 1.165) is 12.0 Å². The van der Waals surface area contributed by atoms with E-state index in [9.17, 15) is 5.11 Å². The fourth-order valence-corrected chi connectivity index (χ4v) is 1.87. The lowest BCUT2D eigenvalue weighted by molar-refractivity contribution is 0.167. The van der Waals surface area contributed by atoms with Crippen molar-refractivity contribution in [2.75, 3.05) is 6.61 Å². The molecule has 1 atom stereocenters. The van der Waals surface area contributed by atoms with Crippen molar-refractivity contribution in [3.63, 3.8) is 0 Å². The van der Waals surface area contributed by atoms with E-state index in [0.29, 0.717) is 28.8 Å². The molecule has 1 aromatic rings. The molecule has 0 saturated heterocycles. The van der Waals surface area contributed by atoms with E-state index in [2.05, 4.69) is 0 Å². The standard InChI is InChI=1S/C10H10Cl2O2/c11-7-4-6-9(13)2-1-3-14-10(6)5-8(7)12/h4-5,9,13H,1-3H2. The molecular formula is C10H10Cl2O2. The van der Waals surface area contributed by atoms with Crippen molar-refractivity contribution in [2.24, 2.45) is 0 Å². The molecule has 0 radical (unpaired) electrons. The second-order valence-electron chi connectivity index (χ2n) is 3.31. The summed E-state index contributed by atoms with van der Waals surface area (Å²) in [6.45, 7) is 0.613. The van der Waals surface area contributed by atoms with Crippen LogP contribution in [0.3, 0.4) is 0 Å². The molecule has 1 aliphatic heterocycles. The normalized spacial score (nSPS) is 20.9. The zero-order valence-electron chi connectivity index (χ0n) is 7.46. The van der Waals surface area contributed by atoms with Gasteiger partial charge < -0.3 is 9.84 Å². The Morgan fingerprint density at radius 1 is 1.29 bits per heavy atom. The van der Waals surface area contributed by atoms with Crippen LogP contribution in [-0.2, 0) is 0 Å². The molecule has 1 unspecified atom stereocenters. The van der Waals surface area contributed by atoms with E-state index in [1.165, 1.54) is 0 Å². The predicted octanol–water partition coefficient (Wildman–Crippen LogP) is 3.20. The maximum Gasteiger partial charge on any atom is 0.126 e. The molecule has 1 aromatic carbocycles. The smallest absolute Gasteiger partial charge is 0.126 e. The zero-order chi connectivity index (χ0) is 10.1. The largest absolute Gasteiger partial charge is 0.493 e. The monoisotopic (exact) mass is 232 g/mol. The van der Waals surface area contributed by atoms with E-state index in [-0.39, 0.29) is 0 Å². The van der Waals surface area contributed by atoms with Crippen LogP contribution in [0.5, 0.6) is 5.75 Å². The highest BCUT2D eigenvalue weighted by Gasteiger charge is 2.19. The van der Waals surface area contributed by atoms with Gasteiger partial charge in [0.05, 0.1) is 22.8 Å². The average Bonchev–Trinajstić information content (AvgIpc) is 2.31. The number of ether oxygens (including phenoxy) is 1. The van der Waals surface area contributed by atoms with E-state index in [4.69, 9.17) is 27.9 Å². The Morgan fingerprint density at radius 2 is 2.00 bits per heavy atom. The van der Waals surface area contributed by atoms with Gasteiger partial charge in [-0.05, 0) is 18.9 Å². The Hall–Kier alpha value is -0.440. The number of halogens is 2. The summed E-state index contributed by atoms with van der Waals surface area (Å²) in [5, 5.41) is 10.7. The van der Waals surface area contributed by atoms with Gasteiger partial charge in [0.1, 0.15) is 5.75 Å². The molecule has 1 N–H and O–H groups in total. The molecule has 2 rings (SSSR count). The van der Waals surface area contributed by atoms with Crippen molar-refractivity contribution < 1.29 is 9.84 Å². The van der Waals surface area contributed by atoms with Crippen LogP contribution in [0.25, 0.3) is 0 Å². The highest BCUT2D eigenvalue weighted by Crippen LogP contribution is 2.37. The van der Waals surface area contributed by atoms with Crippen LogP contribution in [0.15, 0.2) is 12.1 Å². The summed E-state index contributed by atoms with van der Waals surface area (Å²) in [4.78, 5) is 0. The van der Waals surface area contributed by atoms with Gasteiger partial charge in [0.15, 0.2) is 0 Å². The van der Waals surface area contributed by atoms with E-state index in [1.807, 2.05) is 0 Å². The number of hydrogen-bond donors (Lipinski definition) is 1. The Morgan fingerprint density at radius 3 is 2.79 bits per heavy atom. The van der Waals surface area contributed by atoms with Gasteiger partial charge in [-0.1, -0.05) is 23.2 Å². The highest BCUT2D eigenvalue weighted by molar-refractivity contribution is 6.42. The SMILES string of the molecule is OC1CCCOc2cc(Cl)c(Cl)cc21. The summed E-state index contributed by atoms with van der Waals surface area (Å²) >= 11 is 11.7. The van der Waals surface area contributed by atoms with Crippen molar-refractivity contribution in [3.05, 3.63) is 27.7 Å². The quantitative estimate of drug-likeness (QED) is 0.745. The lowest BCUT2D eigenvalue weighted by Gasteiger charge is -2.11. The van der Waals surface area contributed by atoms with E-state index in [1.54, 1.807) is 12.1 Å². The second kappa shape index (κ2) is 3.97. The molecule has 0 saturated carbocycles. The summed E-state index contributed by atoms with van der Waals surface area (Å²) in [6.07, 6.45) is 1.04. The summed E-state index contributed by atoms with van der Waals surface area (Å²) in [5.41, 5.74) is 0.733. The third-order valence-electron chi connectivity index (χ3n) is 2.29. The second-order valence-corrected chi connectivity index (χ2v) is 4.13. The first-order valence-corrected chi connectivity index (χ1v) is 5.24. The third kappa shape index (κ3) is 1.83. The zero-order valence-corrected chi connectivity index (χ0v) is 8.98. The van der Waals surface area contributed by atoms with Crippen LogP contribution in [-0.4, -0.2) is 11.7 Å². The maximum atomic E-state index is 9.77. The van der Waals surface area contributed by atoms with Gasteiger partial charge in [0, 0.05) is 11.6 Å². The fraction of sp³-hybridized carbons (Fsp3) is 0.400. The molecule has 1 aliphatic rings.